The number of amides is 1. The first-order chi connectivity index (χ1) is 12.8. The fourth-order valence-corrected chi connectivity index (χ4v) is 3.05. The van der Waals surface area contributed by atoms with E-state index in [4.69, 9.17) is 21.6 Å². The molecule has 1 N–H and O–H groups in total. The number of carbonyl (C=O) groups excluding carboxylic acids is 2. The number of benzene rings is 1. The number of nitrogens with one attached hydrogen (secondary N) is 1. The van der Waals surface area contributed by atoms with Gasteiger partial charge in [-0.2, -0.15) is 5.26 Å². The van der Waals surface area contributed by atoms with Crippen LogP contribution in [0.25, 0.3) is 0 Å². The molecule has 0 unspecified atom stereocenters. The number of hydrogen-bond acceptors (Lipinski definition) is 7. The van der Waals surface area contributed by atoms with Crippen LogP contribution in [-0.2, 0) is 14.3 Å². The summed E-state index contributed by atoms with van der Waals surface area (Å²) in [5, 5.41) is 12.1. The van der Waals surface area contributed by atoms with Crippen molar-refractivity contribution in [3.8, 4) is 6.07 Å². The van der Waals surface area contributed by atoms with Gasteiger partial charge in [-0.25, -0.2) is 9.97 Å². The van der Waals surface area contributed by atoms with E-state index in [1.165, 1.54) is 19.1 Å². The Balaban J connectivity index is 1.87. The van der Waals surface area contributed by atoms with Crippen molar-refractivity contribution in [2.45, 2.75) is 32.0 Å². The second-order valence-electron chi connectivity index (χ2n) is 5.65. The van der Waals surface area contributed by atoms with Crippen molar-refractivity contribution < 1.29 is 14.3 Å². The lowest BCUT2D eigenvalue weighted by Crippen LogP contribution is -2.30. The molecule has 0 saturated heterocycles. The molecule has 0 spiro atoms. The van der Waals surface area contributed by atoms with Gasteiger partial charge in [0, 0.05) is 17.1 Å². The normalized spacial score (nSPS) is 11.4. The molecule has 0 bridgehead atoms. The first-order valence-electron chi connectivity index (χ1n) is 7.93. The highest BCUT2D eigenvalue weighted by Crippen LogP contribution is 2.20. The van der Waals surface area contributed by atoms with Crippen molar-refractivity contribution in [3.63, 3.8) is 0 Å². The van der Waals surface area contributed by atoms with Gasteiger partial charge in [0.25, 0.3) is 5.91 Å². The van der Waals surface area contributed by atoms with E-state index in [-0.39, 0.29) is 10.8 Å². The van der Waals surface area contributed by atoms with E-state index in [9.17, 15) is 9.59 Å². The Kier molecular flexibility index (Phi) is 7.16. The summed E-state index contributed by atoms with van der Waals surface area (Å²) < 4.78 is 5.13. The molecular formula is C18H17ClN4O3S. The number of hydrogen-bond donors (Lipinski definition) is 1. The Labute approximate surface area is 166 Å². The highest BCUT2D eigenvalue weighted by molar-refractivity contribution is 7.99. The lowest BCUT2D eigenvalue weighted by molar-refractivity contribution is -0.150. The molecule has 0 aliphatic heterocycles. The van der Waals surface area contributed by atoms with Crippen molar-refractivity contribution in [2.24, 2.45) is 0 Å². The Hall–Kier alpha value is -2.63. The van der Waals surface area contributed by atoms with Crippen LogP contribution in [0.15, 0.2) is 29.4 Å². The van der Waals surface area contributed by atoms with E-state index in [1.54, 1.807) is 6.07 Å². The van der Waals surface area contributed by atoms with Crippen molar-refractivity contribution in [2.75, 3.05) is 11.1 Å². The average molecular weight is 405 g/mol. The molecule has 140 valence electrons. The molecule has 1 atom stereocenters. The van der Waals surface area contributed by atoms with Crippen molar-refractivity contribution in [1.29, 1.82) is 5.26 Å². The maximum Gasteiger partial charge on any atom is 0.317 e. The summed E-state index contributed by atoms with van der Waals surface area (Å²) in [7, 11) is 0. The van der Waals surface area contributed by atoms with Gasteiger partial charge < -0.3 is 10.1 Å². The molecule has 0 saturated carbocycles. The van der Waals surface area contributed by atoms with E-state index in [0.717, 1.165) is 23.1 Å². The minimum Gasteiger partial charge on any atom is -0.452 e. The quantitative estimate of drug-likeness (QED) is 0.447. The molecule has 9 heteroatoms. The van der Waals surface area contributed by atoms with Gasteiger partial charge in [0.2, 0.25) is 0 Å². The number of nitriles is 1. The summed E-state index contributed by atoms with van der Waals surface area (Å²) in [5.41, 5.74) is 2.34. The lowest BCUT2D eigenvalue weighted by atomic mass is 10.2. The first kappa shape index (κ1) is 20.7. The fraction of sp³-hybridized carbons (Fsp3) is 0.278. The van der Waals surface area contributed by atoms with Crippen LogP contribution in [0.3, 0.4) is 0 Å². The largest absolute Gasteiger partial charge is 0.452 e. The second-order valence-corrected chi connectivity index (χ2v) is 7.00. The molecule has 1 aromatic heterocycles. The van der Waals surface area contributed by atoms with Crippen LogP contribution in [-0.4, -0.2) is 33.7 Å². The zero-order chi connectivity index (χ0) is 20.0. The van der Waals surface area contributed by atoms with E-state index < -0.39 is 18.0 Å². The van der Waals surface area contributed by atoms with Crippen LogP contribution in [0.1, 0.15) is 23.9 Å². The number of ether oxygens (including phenoxy) is 1. The van der Waals surface area contributed by atoms with E-state index in [2.05, 4.69) is 15.3 Å². The Bertz CT molecular complexity index is 894. The zero-order valence-corrected chi connectivity index (χ0v) is 16.5. The van der Waals surface area contributed by atoms with Gasteiger partial charge in [-0.1, -0.05) is 23.4 Å². The molecule has 1 amide bonds. The fourth-order valence-electron chi connectivity index (χ4n) is 2.09. The van der Waals surface area contributed by atoms with Gasteiger partial charge in [0.1, 0.15) is 6.07 Å². The summed E-state index contributed by atoms with van der Waals surface area (Å²) >= 11 is 7.07. The van der Waals surface area contributed by atoms with Crippen LogP contribution >= 0.6 is 23.4 Å². The third kappa shape index (κ3) is 6.24. The average Bonchev–Trinajstić information content (AvgIpc) is 2.59. The SMILES string of the molecule is Cc1cc(C)nc(SCC(=O)O[C@H](C)C(=O)Nc2ccc(C#N)c(Cl)c2)n1. The molecule has 2 rings (SSSR count). The van der Waals surface area contributed by atoms with Crippen LogP contribution < -0.4 is 5.32 Å². The smallest absolute Gasteiger partial charge is 0.317 e. The molecule has 7 nitrogen and oxygen atoms in total. The molecule has 2 aromatic rings. The second kappa shape index (κ2) is 9.35. The van der Waals surface area contributed by atoms with Gasteiger partial charge in [-0.3, -0.25) is 9.59 Å². The van der Waals surface area contributed by atoms with Gasteiger partial charge in [-0.15, -0.1) is 0 Å². The molecule has 0 aliphatic carbocycles. The minimum absolute atomic E-state index is 0.0107. The van der Waals surface area contributed by atoms with E-state index in [1.807, 2.05) is 26.0 Å². The summed E-state index contributed by atoms with van der Waals surface area (Å²) in [6.07, 6.45) is -0.993. The highest BCUT2D eigenvalue weighted by Gasteiger charge is 2.19. The zero-order valence-electron chi connectivity index (χ0n) is 14.9. The summed E-state index contributed by atoms with van der Waals surface area (Å²) in [6, 6.07) is 8.27. The highest BCUT2D eigenvalue weighted by atomic mass is 35.5. The number of aromatic nitrogens is 2. The first-order valence-corrected chi connectivity index (χ1v) is 9.30. The third-order valence-corrected chi connectivity index (χ3v) is 4.45. The molecule has 0 aliphatic rings. The van der Waals surface area contributed by atoms with E-state index in [0.29, 0.717) is 16.4 Å². The van der Waals surface area contributed by atoms with Crippen LogP contribution in [0.2, 0.25) is 5.02 Å². The number of halogens is 1. The predicted octanol–water partition coefficient (Wildman–Crippen LogP) is 3.28. The molecule has 1 heterocycles. The molecule has 0 radical (unpaired) electrons. The number of anilines is 1. The summed E-state index contributed by atoms with van der Waals surface area (Å²) in [6.45, 7) is 5.16. The third-order valence-electron chi connectivity index (χ3n) is 3.32. The topological polar surface area (TPSA) is 105 Å². The molecular weight excluding hydrogens is 388 g/mol. The summed E-state index contributed by atoms with van der Waals surface area (Å²) in [4.78, 5) is 32.6. The van der Waals surface area contributed by atoms with Gasteiger partial charge in [-0.05, 0) is 45.0 Å². The maximum absolute atomic E-state index is 12.1. The summed E-state index contributed by atoms with van der Waals surface area (Å²) in [5.74, 6) is -1.07. The standard InChI is InChI=1S/C18H17ClN4O3S/c1-10-6-11(2)22-18(21-10)27-9-16(24)26-12(3)17(25)23-14-5-4-13(8-20)15(19)7-14/h4-7,12H,9H2,1-3H3,(H,23,25)/t12-/m1/s1. The van der Waals surface area contributed by atoms with Crippen LogP contribution in [0.5, 0.6) is 0 Å². The van der Waals surface area contributed by atoms with Crippen molar-refractivity contribution in [1.82, 2.24) is 9.97 Å². The van der Waals surface area contributed by atoms with Gasteiger partial charge in [0.05, 0.1) is 16.3 Å². The minimum atomic E-state index is -0.993. The van der Waals surface area contributed by atoms with Crippen molar-refractivity contribution in [3.05, 3.63) is 46.2 Å². The maximum atomic E-state index is 12.1. The Morgan fingerprint density at radius 1 is 1.30 bits per heavy atom. The Morgan fingerprint density at radius 2 is 1.96 bits per heavy atom. The molecule has 27 heavy (non-hydrogen) atoms. The molecule has 0 fully saturated rings. The number of nitrogens with zero attached hydrogens (tertiary/aromatic N) is 3. The number of esters is 1. The van der Waals surface area contributed by atoms with E-state index >= 15 is 0 Å². The van der Waals surface area contributed by atoms with Crippen molar-refractivity contribution >= 4 is 40.9 Å². The Morgan fingerprint density at radius 3 is 2.56 bits per heavy atom. The monoisotopic (exact) mass is 404 g/mol. The number of carbonyl (C=O) groups is 2. The predicted molar refractivity (Wildman–Crippen MR) is 103 cm³/mol. The number of thioether (sulfide) groups is 1. The number of rotatable bonds is 6. The van der Waals surface area contributed by atoms with Gasteiger partial charge in [0.15, 0.2) is 11.3 Å². The van der Waals surface area contributed by atoms with Crippen LogP contribution in [0, 0.1) is 25.2 Å². The number of aryl methyl sites for hydroxylation is 2. The van der Waals surface area contributed by atoms with Crippen LogP contribution in [0.4, 0.5) is 5.69 Å². The lowest BCUT2D eigenvalue weighted by Gasteiger charge is -2.13. The van der Waals surface area contributed by atoms with Gasteiger partial charge >= 0.3 is 5.97 Å². The molecule has 1 aromatic carbocycles.